The fourth-order valence-electron chi connectivity index (χ4n) is 13.3. The summed E-state index contributed by atoms with van der Waals surface area (Å²) in [4.78, 5) is 0. The molecule has 6 fully saturated rings. The molecule has 6 aliphatic rings. The highest BCUT2D eigenvalue weighted by Gasteiger charge is 2.70. The zero-order valence-corrected chi connectivity index (χ0v) is 34.2. The molecule has 6 rings (SSSR count). The molecule has 14 heteroatoms. The molecule has 0 aromatic heterocycles. The van der Waals surface area contributed by atoms with E-state index in [0.29, 0.717) is 25.2 Å². The summed E-state index contributed by atoms with van der Waals surface area (Å²) in [5, 5.41) is 106. The van der Waals surface area contributed by atoms with E-state index in [1.165, 1.54) is 0 Å². The van der Waals surface area contributed by atoms with Crippen molar-refractivity contribution in [3.8, 4) is 0 Å². The molecule has 19 atom stereocenters. The van der Waals surface area contributed by atoms with Crippen molar-refractivity contribution in [3.63, 3.8) is 0 Å². The van der Waals surface area contributed by atoms with E-state index in [1.807, 2.05) is 13.0 Å². The molecule has 10 N–H and O–H groups in total. The average molecular weight is 801 g/mol. The Morgan fingerprint density at radius 3 is 1.93 bits per heavy atom. The van der Waals surface area contributed by atoms with Gasteiger partial charge in [0.25, 0.3) is 0 Å². The van der Waals surface area contributed by atoms with E-state index in [-0.39, 0.29) is 41.3 Å². The lowest BCUT2D eigenvalue weighted by atomic mass is 9.33. The molecule has 0 aromatic carbocycles. The Morgan fingerprint density at radius 1 is 0.661 bits per heavy atom. The Labute approximate surface area is 331 Å². The van der Waals surface area contributed by atoms with Crippen LogP contribution in [0.2, 0.25) is 0 Å². The topological polar surface area (TPSA) is 239 Å². The number of ether oxygens (including phenoxy) is 4. The van der Waals surface area contributed by atoms with Crippen LogP contribution in [0.25, 0.3) is 0 Å². The third-order valence-electron chi connectivity index (χ3n) is 17.0. The first-order chi connectivity index (χ1) is 26.3. The summed E-state index contributed by atoms with van der Waals surface area (Å²) >= 11 is 0. The van der Waals surface area contributed by atoms with Crippen LogP contribution in [-0.4, -0.2) is 151 Å². The molecule has 324 valence electrons. The number of hydrogen-bond donors (Lipinski definition) is 10. The third-order valence-corrected chi connectivity index (χ3v) is 17.0. The Balaban J connectivity index is 1.21. The second kappa shape index (κ2) is 16.6. The Kier molecular flexibility index (Phi) is 13.2. The van der Waals surface area contributed by atoms with E-state index in [9.17, 15) is 51.1 Å². The van der Waals surface area contributed by atoms with Crippen molar-refractivity contribution in [2.24, 2.45) is 44.8 Å². The van der Waals surface area contributed by atoms with E-state index in [2.05, 4.69) is 34.6 Å². The largest absolute Gasteiger partial charge is 0.396 e. The van der Waals surface area contributed by atoms with Crippen molar-refractivity contribution in [2.45, 2.75) is 179 Å². The average Bonchev–Trinajstić information content (AvgIpc) is 3.16. The zero-order valence-electron chi connectivity index (χ0n) is 34.2. The first-order valence-electron chi connectivity index (χ1n) is 21.1. The van der Waals surface area contributed by atoms with Gasteiger partial charge in [-0.15, -0.1) is 0 Å². The van der Waals surface area contributed by atoms with Gasteiger partial charge in [0.05, 0.1) is 38.6 Å². The number of rotatable bonds is 11. The smallest absolute Gasteiger partial charge is 0.187 e. The van der Waals surface area contributed by atoms with Crippen molar-refractivity contribution < 1.29 is 70.0 Å². The number of hydrogen-bond acceptors (Lipinski definition) is 14. The van der Waals surface area contributed by atoms with Crippen LogP contribution < -0.4 is 0 Å². The van der Waals surface area contributed by atoms with Gasteiger partial charge in [0, 0.05) is 5.41 Å². The van der Waals surface area contributed by atoms with E-state index < -0.39 is 97.7 Å². The minimum Gasteiger partial charge on any atom is -0.396 e. The predicted octanol–water partition coefficient (Wildman–Crippen LogP) is 1.12. The second-order valence-electron chi connectivity index (χ2n) is 19.9. The van der Waals surface area contributed by atoms with Crippen LogP contribution in [0.5, 0.6) is 0 Å². The van der Waals surface area contributed by atoms with Crippen LogP contribution in [0.1, 0.15) is 106 Å². The minimum absolute atomic E-state index is 0.00480. The van der Waals surface area contributed by atoms with Crippen LogP contribution >= 0.6 is 0 Å². The first-order valence-corrected chi connectivity index (χ1v) is 21.1. The molecule has 0 spiro atoms. The molecule has 0 amide bonds. The summed E-state index contributed by atoms with van der Waals surface area (Å²) < 4.78 is 24.4. The van der Waals surface area contributed by atoms with Gasteiger partial charge < -0.3 is 70.0 Å². The normalized spacial score (nSPS) is 52.1. The quantitative estimate of drug-likeness (QED) is 0.104. The minimum atomic E-state index is -1.75. The number of allylic oxidation sites excluding steroid dienone is 1. The summed E-state index contributed by atoms with van der Waals surface area (Å²) in [7, 11) is 0. The molecule has 2 aliphatic heterocycles. The van der Waals surface area contributed by atoms with Gasteiger partial charge in [-0.2, -0.15) is 0 Å². The number of aliphatic hydroxyl groups is 10. The predicted molar refractivity (Wildman–Crippen MR) is 202 cm³/mol. The van der Waals surface area contributed by atoms with Gasteiger partial charge in [0.2, 0.25) is 0 Å². The second-order valence-corrected chi connectivity index (χ2v) is 19.9. The molecule has 56 heavy (non-hydrogen) atoms. The maximum Gasteiger partial charge on any atom is 0.187 e. The molecule has 2 heterocycles. The first kappa shape index (κ1) is 44.7. The zero-order chi connectivity index (χ0) is 41.2. The van der Waals surface area contributed by atoms with Gasteiger partial charge in [-0.05, 0) is 111 Å². The Hall–Kier alpha value is -0.820. The Bertz CT molecular complexity index is 1380. The molecule has 0 bridgehead atoms. The van der Waals surface area contributed by atoms with Crippen molar-refractivity contribution in [3.05, 3.63) is 11.6 Å². The standard InChI is InChI=1S/C42H72O14/c1-22(18-43)8-7-13-42(21-46)17-16-40(5)23(35(42)52)9-10-27-39(4)14-12-28(38(2,3)26(39)11-15-41(27,40)6)55-37-34(32(50)30(48)25(20-45)54-37)56-36-33(51)31(49)29(47)24(19-44)53-36/h8,23-37,43-52H,7,9-21H2,1-6H3/b22-8-/t23-,24-,25-,26+,27-,28+,29+,30-,31+,32+,33-,34+,35-,36+,37-,39+,40-,41-,42-/m1/s1. The summed E-state index contributed by atoms with van der Waals surface area (Å²) in [6.45, 7) is 12.2. The molecule has 4 aliphatic carbocycles. The molecule has 4 saturated carbocycles. The lowest BCUT2D eigenvalue weighted by molar-refractivity contribution is -0.378. The molecular formula is C42H72O14. The molecular weight excluding hydrogens is 728 g/mol. The summed E-state index contributed by atoms with van der Waals surface area (Å²) in [6.07, 6.45) is -5.77. The highest BCUT2D eigenvalue weighted by Crippen LogP contribution is 2.75. The molecule has 0 radical (unpaired) electrons. The fourth-order valence-corrected chi connectivity index (χ4v) is 13.3. The van der Waals surface area contributed by atoms with Crippen LogP contribution in [0.3, 0.4) is 0 Å². The monoisotopic (exact) mass is 800 g/mol. The van der Waals surface area contributed by atoms with Gasteiger partial charge in [0.1, 0.15) is 48.8 Å². The van der Waals surface area contributed by atoms with Crippen molar-refractivity contribution in [1.82, 2.24) is 0 Å². The number of aliphatic hydroxyl groups excluding tert-OH is 10. The van der Waals surface area contributed by atoms with Crippen LogP contribution in [-0.2, 0) is 18.9 Å². The maximum absolute atomic E-state index is 12.2. The Morgan fingerprint density at radius 2 is 1.30 bits per heavy atom. The third kappa shape index (κ3) is 7.16. The molecule has 0 aromatic rings. The highest BCUT2D eigenvalue weighted by atomic mass is 16.8. The van der Waals surface area contributed by atoms with Gasteiger partial charge in [-0.25, -0.2) is 0 Å². The highest BCUT2D eigenvalue weighted by molar-refractivity contribution is 5.18. The summed E-state index contributed by atoms with van der Waals surface area (Å²) in [5.74, 6) is 0.671. The lowest BCUT2D eigenvalue weighted by Gasteiger charge is -2.72. The summed E-state index contributed by atoms with van der Waals surface area (Å²) in [6, 6.07) is 0. The van der Waals surface area contributed by atoms with Crippen LogP contribution in [0, 0.1) is 44.8 Å². The SMILES string of the molecule is C/C(=C/CC[C@]1(CO)CC[C@]2(C)[C@H](CC[C@@H]3[C@@]4(C)CC[C@H](O[C@H]5O[C@H](CO)[C@@H](O)[C@H](O)[C@@H]5O[C@@H]5O[C@H](CO)[C@H](O)[C@H](O)[C@H]5O)C(C)(C)[C@@H]4CC[C@]32C)[C@H]1O)CO. The summed E-state index contributed by atoms with van der Waals surface area (Å²) in [5.41, 5.74) is -0.313. The lowest BCUT2D eigenvalue weighted by Crippen LogP contribution is -2.68. The van der Waals surface area contributed by atoms with Gasteiger partial charge in [-0.1, -0.05) is 46.3 Å². The van der Waals surface area contributed by atoms with E-state index in [4.69, 9.17) is 18.9 Å². The van der Waals surface area contributed by atoms with Crippen LogP contribution in [0.4, 0.5) is 0 Å². The van der Waals surface area contributed by atoms with Crippen LogP contribution in [0.15, 0.2) is 11.6 Å². The van der Waals surface area contributed by atoms with Gasteiger partial charge >= 0.3 is 0 Å². The van der Waals surface area contributed by atoms with E-state index in [0.717, 1.165) is 50.5 Å². The number of fused-ring (bicyclic) bond motifs is 5. The van der Waals surface area contributed by atoms with Gasteiger partial charge in [-0.3, -0.25) is 0 Å². The maximum atomic E-state index is 12.2. The van der Waals surface area contributed by atoms with E-state index >= 15 is 0 Å². The molecule has 2 saturated heterocycles. The van der Waals surface area contributed by atoms with Crippen molar-refractivity contribution >= 4 is 0 Å². The molecule has 14 nitrogen and oxygen atoms in total. The van der Waals surface area contributed by atoms with Crippen molar-refractivity contribution in [2.75, 3.05) is 26.4 Å². The van der Waals surface area contributed by atoms with Gasteiger partial charge in [0.15, 0.2) is 12.6 Å². The fraction of sp³-hybridized carbons (Fsp3) is 0.952. The van der Waals surface area contributed by atoms with Crippen molar-refractivity contribution in [1.29, 1.82) is 0 Å². The van der Waals surface area contributed by atoms with E-state index in [1.54, 1.807) is 0 Å². The molecule has 0 unspecified atom stereocenters.